The quantitative estimate of drug-likeness (QED) is 0.758. The van der Waals surface area contributed by atoms with Crippen LogP contribution >= 0.6 is 11.6 Å². The van der Waals surface area contributed by atoms with Gasteiger partial charge < -0.3 is 9.64 Å². The smallest absolute Gasteiger partial charge is 0.307 e. The van der Waals surface area contributed by atoms with Crippen LogP contribution in [0.4, 0.5) is 0 Å². The molecular formula is C13H18ClNO2. The topological polar surface area (TPSA) is 29.5 Å². The van der Waals surface area contributed by atoms with Crippen molar-refractivity contribution in [1.82, 2.24) is 4.90 Å². The van der Waals surface area contributed by atoms with Crippen LogP contribution in [-0.4, -0.2) is 31.6 Å². The van der Waals surface area contributed by atoms with Gasteiger partial charge in [0.05, 0.1) is 13.0 Å². The number of hydrogen-bond acceptors (Lipinski definition) is 3. The molecule has 1 aromatic rings. The molecule has 4 heteroatoms. The fourth-order valence-electron chi connectivity index (χ4n) is 1.66. The summed E-state index contributed by atoms with van der Waals surface area (Å²) in [5.41, 5.74) is 1.06. The summed E-state index contributed by atoms with van der Waals surface area (Å²) in [6, 6.07) is 7.56. The third-order valence-electron chi connectivity index (χ3n) is 2.54. The maximum atomic E-state index is 11.5. The van der Waals surface area contributed by atoms with E-state index in [9.17, 15) is 4.79 Å². The van der Waals surface area contributed by atoms with Crippen LogP contribution in [0.2, 0.25) is 5.02 Å². The van der Waals surface area contributed by atoms with Crippen LogP contribution in [0.25, 0.3) is 0 Å². The third kappa shape index (κ3) is 4.36. The first-order valence-corrected chi connectivity index (χ1v) is 6.00. The molecule has 0 spiro atoms. The van der Waals surface area contributed by atoms with Gasteiger partial charge in [0.25, 0.3) is 0 Å². The number of carbonyl (C=O) groups is 1. The first-order chi connectivity index (χ1) is 8.04. The summed E-state index contributed by atoms with van der Waals surface area (Å²) in [5.74, 6) is -0.179. The summed E-state index contributed by atoms with van der Waals surface area (Å²) in [4.78, 5) is 13.5. The SMILES string of the molecule is CCOC(=O)CC(c1ccc(Cl)cc1)N(C)C. The van der Waals surface area contributed by atoms with Crippen molar-refractivity contribution < 1.29 is 9.53 Å². The van der Waals surface area contributed by atoms with Gasteiger partial charge in [-0.3, -0.25) is 4.79 Å². The second-order valence-electron chi connectivity index (χ2n) is 4.04. The Morgan fingerprint density at radius 1 is 1.35 bits per heavy atom. The fraction of sp³-hybridized carbons (Fsp3) is 0.462. The Hall–Kier alpha value is -1.06. The Bertz CT molecular complexity index is 362. The van der Waals surface area contributed by atoms with E-state index in [0.717, 1.165) is 5.56 Å². The Morgan fingerprint density at radius 2 is 1.94 bits per heavy atom. The highest BCUT2D eigenvalue weighted by atomic mass is 35.5. The lowest BCUT2D eigenvalue weighted by atomic mass is 10.0. The second kappa shape index (κ2) is 6.62. The number of halogens is 1. The summed E-state index contributed by atoms with van der Waals surface area (Å²) >= 11 is 5.85. The van der Waals surface area contributed by atoms with E-state index in [-0.39, 0.29) is 12.0 Å². The lowest BCUT2D eigenvalue weighted by Gasteiger charge is -2.23. The highest BCUT2D eigenvalue weighted by molar-refractivity contribution is 6.30. The predicted octanol–water partition coefficient (Wildman–Crippen LogP) is 2.90. The van der Waals surface area contributed by atoms with Crippen molar-refractivity contribution in [2.45, 2.75) is 19.4 Å². The number of nitrogens with zero attached hydrogens (tertiary/aromatic N) is 1. The molecular weight excluding hydrogens is 238 g/mol. The number of benzene rings is 1. The van der Waals surface area contributed by atoms with E-state index in [0.29, 0.717) is 18.1 Å². The molecule has 0 saturated heterocycles. The molecule has 17 heavy (non-hydrogen) atoms. The summed E-state index contributed by atoms with van der Waals surface area (Å²) in [6.45, 7) is 2.23. The molecule has 0 aromatic heterocycles. The number of rotatable bonds is 5. The summed E-state index contributed by atoms with van der Waals surface area (Å²) in [7, 11) is 3.89. The van der Waals surface area contributed by atoms with Gasteiger partial charge in [0.1, 0.15) is 0 Å². The van der Waals surface area contributed by atoms with Crippen molar-refractivity contribution in [2.75, 3.05) is 20.7 Å². The van der Waals surface area contributed by atoms with E-state index in [1.165, 1.54) is 0 Å². The van der Waals surface area contributed by atoms with Crippen molar-refractivity contribution in [2.24, 2.45) is 0 Å². The number of carbonyl (C=O) groups excluding carboxylic acids is 1. The van der Waals surface area contributed by atoms with Gasteiger partial charge in [0.15, 0.2) is 0 Å². The average molecular weight is 256 g/mol. The van der Waals surface area contributed by atoms with Crippen molar-refractivity contribution in [3.8, 4) is 0 Å². The van der Waals surface area contributed by atoms with E-state index in [4.69, 9.17) is 16.3 Å². The van der Waals surface area contributed by atoms with Gasteiger partial charge in [0.2, 0.25) is 0 Å². The molecule has 1 unspecified atom stereocenters. The Balaban J connectivity index is 2.79. The molecule has 0 N–H and O–H groups in total. The van der Waals surface area contributed by atoms with Crippen LogP contribution in [0.15, 0.2) is 24.3 Å². The number of ether oxygens (including phenoxy) is 1. The fourth-order valence-corrected chi connectivity index (χ4v) is 1.79. The average Bonchev–Trinajstić information content (AvgIpc) is 2.27. The summed E-state index contributed by atoms with van der Waals surface area (Å²) in [6.07, 6.45) is 0.350. The van der Waals surface area contributed by atoms with Crippen molar-refractivity contribution in [3.63, 3.8) is 0 Å². The molecule has 94 valence electrons. The molecule has 1 atom stereocenters. The number of esters is 1. The molecule has 0 amide bonds. The standard InChI is InChI=1S/C13H18ClNO2/c1-4-17-13(16)9-12(15(2)3)10-5-7-11(14)8-6-10/h5-8,12H,4,9H2,1-3H3. The highest BCUT2D eigenvalue weighted by Crippen LogP contribution is 2.23. The van der Waals surface area contributed by atoms with Crippen LogP contribution in [0.1, 0.15) is 24.9 Å². The molecule has 0 aliphatic heterocycles. The largest absolute Gasteiger partial charge is 0.466 e. The van der Waals surface area contributed by atoms with Crippen LogP contribution in [0, 0.1) is 0 Å². The minimum absolute atomic E-state index is 0.0197. The van der Waals surface area contributed by atoms with Crippen LogP contribution in [-0.2, 0) is 9.53 Å². The summed E-state index contributed by atoms with van der Waals surface area (Å²) in [5, 5.41) is 0.697. The van der Waals surface area contributed by atoms with E-state index in [1.54, 1.807) is 0 Å². The highest BCUT2D eigenvalue weighted by Gasteiger charge is 2.18. The second-order valence-corrected chi connectivity index (χ2v) is 4.48. The Kier molecular flexibility index (Phi) is 5.45. The van der Waals surface area contributed by atoms with Crippen LogP contribution in [0.3, 0.4) is 0 Å². The molecule has 3 nitrogen and oxygen atoms in total. The third-order valence-corrected chi connectivity index (χ3v) is 2.80. The van der Waals surface area contributed by atoms with Crippen molar-refractivity contribution in [1.29, 1.82) is 0 Å². The van der Waals surface area contributed by atoms with Gasteiger partial charge in [0, 0.05) is 11.1 Å². The van der Waals surface area contributed by atoms with Gasteiger partial charge in [-0.1, -0.05) is 23.7 Å². The summed E-state index contributed by atoms with van der Waals surface area (Å²) < 4.78 is 4.98. The lowest BCUT2D eigenvalue weighted by Crippen LogP contribution is -2.23. The molecule has 0 saturated carbocycles. The Labute approximate surface area is 107 Å². The Morgan fingerprint density at radius 3 is 2.41 bits per heavy atom. The van der Waals surface area contributed by atoms with E-state index >= 15 is 0 Å². The maximum Gasteiger partial charge on any atom is 0.307 e. The molecule has 0 fully saturated rings. The molecule has 1 aromatic carbocycles. The molecule has 0 aliphatic rings. The zero-order valence-corrected chi connectivity index (χ0v) is 11.2. The first-order valence-electron chi connectivity index (χ1n) is 5.62. The van der Waals surface area contributed by atoms with Crippen LogP contribution in [0.5, 0.6) is 0 Å². The van der Waals surface area contributed by atoms with E-state index in [2.05, 4.69) is 0 Å². The maximum absolute atomic E-state index is 11.5. The van der Waals surface area contributed by atoms with E-state index < -0.39 is 0 Å². The van der Waals surface area contributed by atoms with Gasteiger partial charge in [-0.15, -0.1) is 0 Å². The molecule has 0 radical (unpaired) electrons. The van der Waals surface area contributed by atoms with Gasteiger partial charge in [-0.2, -0.15) is 0 Å². The minimum Gasteiger partial charge on any atom is -0.466 e. The monoisotopic (exact) mass is 255 g/mol. The van der Waals surface area contributed by atoms with Crippen LogP contribution < -0.4 is 0 Å². The van der Waals surface area contributed by atoms with Crippen molar-refractivity contribution >= 4 is 17.6 Å². The van der Waals surface area contributed by atoms with Gasteiger partial charge in [-0.05, 0) is 38.7 Å². The normalized spacial score (nSPS) is 12.5. The zero-order valence-electron chi connectivity index (χ0n) is 10.4. The first kappa shape index (κ1) is 14.0. The molecule has 0 aliphatic carbocycles. The van der Waals surface area contributed by atoms with Gasteiger partial charge in [-0.25, -0.2) is 0 Å². The molecule has 1 rings (SSSR count). The lowest BCUT2D eigenvalue weighted by molar-refractivity contribution is -0.144. The van der Waals surface area contributed by atoms with Gasteiger partial charge >= 0.3 is 5.97 Å². The van der Waals surface area contributed by atoms with Crippen molar-refractivity contribution in [3.05, 3.63) is 34.9 Å². The zero-order chi connectivity index (χ0) is 12.8. The number of hydrogen-bond donors (Lipinski definition) is 0. The molecule has 0 heterocycles. The minimum atomic E-state index is -0.179. The predicted molar refractivity (Wildman–Crippen MR) is 69.1 cm³/mol. The van der Waals surface area contributed by atoms with E-state index in [1.807, 2.05) is 50.2 Å². The molecule has 0 bridgehead atoms.